The topological polar surface area (TPSA) is 21.1 Å². The van der Waals surface area contributed by atoms with Crippen molar-refractivity contribution >= 4 is 33.3 Å². The van der Waals surface area contributed by atoms with Crippen molar-refractivity contribution in [3.63, 3.8) is 0 Å². The van der Waals surface area contributed by atoms with Crippen LogP contribution in [0.1, 0.15) is 11.3 Å². The standard InChI is InChI=1S/C13H15BrClN3/c1-9-4-13(16-6-12(9)14)18(3)8-11-5-10(15)7-17(11)2/h4-7H,8H2,1-3H3. The minimum absolute atomic E-state index is 0.765. The van der Waals surface area contributed by atoms with Crippen LogP contribution in [0.15, 0.2) is 29.0 Å². The molecule has 3 nitrogen and oxygen atoms in total. The van der Waals surface area contributed by atoms with Gasteiger partial charge in [-0.15, -0.1) is 0 Å². The van der Waals surface area contributed by atoms with E-state index in [-0.39, 0.29) is 0 Å². The van der Waals surface area contributed by atoms with Crippen molar-refractivity contribution < 1.29 is 0 Å². The Bertz CT molecular complexity index is 565. The lowest BCUT2D eigenvalue weighted by molar-refractivity contribution is 0.782. The number of hydrogen-bond acceptors (Lipinski definition) is 2. The number of rotatable bonds is 3. The number of hydrogen-bond donors (Lipinski definition) is 0. The number of pyridine rings is 1. The van der Waals surface area contributed by atoms with Gasteiger partial charge in [-0.2, -0.15) is 0 Å². The monoisotopic (exact) mass is 327 g/mol. The number of anilines is 1. The lowest BCUT2D eigenvalue weighted by atomic mass is 10.3. The maximum atomic E-state index is 5.98. The van der Waals surface area contributed by atoms with Crippen LogP contribution in [-0.2, 0) is 13.6 Å². The lowest BCUT2D eigenvalue weighted by Crippen LogP contribution is -2.19. The summed E-state index contributed by atoms with van der Waals surface area (Å²) in [6.45, 7) is 2.83. The molecule has 0 bridgehead atoms. The molecule has 0 amide bonds. The average molecular weight is 329 g/mol. The van der Waals surface area contributed by atoms with E-state index in [0.717, 1.165) is 27.6 Å². The van der Waals surface area contributed by atoms with E-state index in [1.807, 2.05) is 37.1 Å². The minimum Gasteiger partial charge on any atom is -0.354 e. The van der Waals surface area contributed by atoms with Crippen LogP contribution in [0, 0.1) is 6.92 Å². The molecule has 96 valence electrons. The normalized spacial score (nSPS) is 10.7. The first-order valence-corrected chi connectivity index (χ1v) is 6.78. The highest BCUT2D eigenvalue weighted by Gasteiger charge is 2.08. The van der Waals surface area contributed by atoms with Gasteiger partial charge < -0.3 is 9.47 Å². The van der Waals surface area contributed by atoms with Gasteiger partial charge in [-0.1, -0.05) is 11.6 Å². The van der Waals surface area contributed by atoms with Gasteiger partial charge in [-0.05, 0) is 40.5 Å². The molecule has 2 rings (SSSR count). The van der Waals surface area contributed by atoms with Crippen LogP contribution in [0.3, 0.4) is 0 Å². The molecule has 0 fully saturated rings. The molecule has 0 aliphatic heterocycles. The molecule has 0 atom stereocenters. The molecule has 0 spiro atoms. The summed E-state index contributed by atoms with van der Waals surface area (Å²) in [5, 5.41) is 0.765. The molecular weight excluding hydrogens is 314 g/mol. The Morgan fingerprint density at radius 1 is 1.44 bits per heavy atom. The van der Waals surface area contributed by atoms with E-state index >= 15 is 0 Å². The van der Waals surface area contributed by atoms with Gasteiger partial charge in [-0.25, -0.2) is 4.98 Å². The zero-order chi connectivity index (χ0) is 13.3. The maximum Gasteiger partial charge on any atom is 0.128 e. The van der Waals surface area contributed by atoms with Crippen molar-refractivity contribution in [3.8, 4) is 0 Å². The molecular formula is C13H15BrClN3. The first-order valence-electron chi connectivity index (χ1n) is 5.61. The van der Waals surface area contributed by atoms with Crippen LogP contribution in [0.25, 0.3) is 0 Å². The molecule has 0 aliphatic rings. The summed E-state index contributed by atoms with van der Waals surface area (Å²) in [4.78, 5) is 6.51. The zero-order valence-electron chi connectivity index (χ0n) is 10.6. The third-order valence-electron chi connectivity index (χ3n) is 2.90. The molecule has 0 unspecified atom stereocenters. The molecule has 2 aromatic heterocycles. The van der Waals surface area contributed by atoms with Gasteiger partial charge in [-0.3, -0.25) is 0 Å². The van der Waals surface area contributed by atoms with E-state index in [1.165, 1.54) is 5.56 Å². The van der Waals surface area contributed by atoms with Crippen LogP contribution < -0.4 is 4.90 Å². The fourth-order valence-corrected chi connectivity index (χ4v) is 2.27. The van der Waals surface area contributed by atoms with Gasteiger partial charge >= 0.3 is 0 Å². The molecule has 0 saturated heterocycles. The SMILES string of the molecule is Cc1cc(N(C)Cc2cc(Cl)cn2C)ncc1Br. The molecule has 2 heterocycles. The Kier molecular flexibility index (Phi) is 3.97. The van der Waals surface area contributed by atoms with E-state index in [1.54, 1.807) is 0 Å². The quantitative estimate of drug-likeness (QED) is 0.855. The van der Waals surface area contributed by atoms with Crippen molar-refractivity contribution in [1.82, 2.24) is 9.55 Å². The summed E-state index contributed by atoms with van der Waals surface area (Å²) in [7, 11) is 4.02. The first kappa shape index (κ1) is 13.4. The Morgan fingerprint density at radius 2 is 2.17 bits per heavy atom. The third kappa shape index (κ3) is 2.87. The van der Waals surface area contributed by atoms with Crippen molar-refractivity contribution in [1.29, 1.82) is 0 Å². The molecule has 5 heteroatoms. The molecule has 0 N–H and O–H groups in total. The number of aromatic nitrogens is 2. The number of halogens is 2. The van der Waals surface area contributed by atoms with Crippen molar-refractivity contribution in [2.45, 2.75) is 13.5 Å². The van der Waals surface area contributed by atoms with Gasteiger partial charge in [0.1, 0.15) is 5.82 Å². The van der Waals surface area contributed by atoms with Crippen LogP contribution in [0.2, 0.25) is 5.02 Å². The predicted molar refractivity (Wildman–Crippen MR) is 79.2 cm³/mol. The van der Waals surface area contributed by atoms with Crippen molar-refractivity contribution in [2.75, 3.05) is 11.9 Å². The van der Waals surface area contributed by atoms with Gasteiger partial charge in [0.25, 0.3) is 0 Å². The van der Waals surface area contributed by atoms with E-state index in [9.17, 15) is 0 Å². The minimum atomic E-state index is 0.765. The maximum absolute atomic E-state index is 5.98. The lowest BCUT2D eigenvalue weighted by Gasteiger charge is -2.19. The predicted octanol–water partition coefficient (Wildman–Crippen LogP) is 3.78. The Labute approximate surface area is 121 Å². The number of aryl methyl sites for hydroxylation is 2. The average Bonchev–Trinajstić information content (AvgIpc) is 2.61. The Hall–Kier alpha value is -1.00. The highest BCUT2D eigenvalue weighted by Crippen LogP contribution is 2.21. The van der Waals surface area contributed by atoms with Gasteiger partial charge in [0.15, 0.2) is 0 Å². The second-order valence-corrected chi connectivity index (χ2v) is 5.70. The van der Waals surface area contributed by atoms with Gasteiger partial charge in [0.05, 0.1) is 11.6 Å². The Balaban J connectivity index is 2.19. The van der Waals surface area contributed by atoms with E-state index in [4.69, 9.17) is 11.6 Å². The highest BCUT2D eigenvalue weighted by molar-refractivity contribution is 9.10. The third-order valence-corrected chi connectivity index (χ3v) is 3.93. The van der Waals surface area contributed by atoms with Crippen LogP contribution in [0.5, 0.6) is 0 Å². The second kappa shape index (κ2) is 5.33. The molecule has 0 radical (unpaired) electrons. The second-order valence-electron chi connectivity index (χ2n) is 4.41. The van der Waals surface area contributed by atoms with Crippen LogP contribution in [-0.4, -0.2) is 16.6 Å². The first-order chi connectivity index (χ1) is 8.47. The van der Waals surface area contributed by atoms with Gasteiger partial charge in [0.2, 0.25) is 0 Å². The van der Waals surface area contributed by atoms with E-state index in [0.29, 0.717) is 0 Å². The summed E-state index contributed by atoms with van der Waals surface area (Å²) in [5.74, 6) is 0.952. The fourth-order valence-electron chi connectivity index (χ4n) is 1.78. The smallest absolute Gasteiger partial charge is 0.128 e. The molecule has 0 aromatic carbocycles. The van der Waals surface area contributed by atoms with E-state index < -0.39 is 0 Å². The number of nitrogens with zero attached hydrogens (tertiary/aromatic N) is 3. The molecule has 0 aliphatic carbocycles. The summed E-state index contributed by atoms with van der Waals surface area (Å²) in [5.41, 5.74) is 2.33. The van der Waals surface area contributed by atoms with Crippen LogP contribution >= 0.6 is 27.5 Å². The van der Waals surface area contributed by atoms with Crippen molar-refractivity contribution in [2.24, 2.45) is 7.05 Å². The largest absolute Gasteiger partial charge is 0.354 e. The van der Waals surface area contributed by atoms with Gasteiger partial charge in [0, 0.05) is 36.7 Å². The summed E-state index contributed by atoms with van der Waals surface area (Å²) in [6.07, 6.45) is 3.74. The summed E-state index contributed by atoms with van der Waals surface area (Å²) < 4.78 is 3.06. The molecule has 2 aromatic rings. The molecule has 18 heavy (non-hydrogen) atoms. The summed E-state index contributed by atoms with van der Waals surface area (Å²) >= 11 is 9.44. The molecule has 0 saturated carbocycles. The van der Waals surface area contributed by atoms with E-state index in [2.05, 4.69) is 38.8 Å². The van der Waals surface area contributed by atoms with Crippen molar-refractivity contribution in [3.05, 3.63) is 45.3 Å². The summed E-state index contributed by atoms with van der Waals surface area (Å²) in [6, 6.07) is 4.04. The Morgan fingerprint density at radius 3 is 2.72 bits per heavy atom. The zero-order valence-corrected chi connectivity index (χ0v) is 13.0. The fraction of sp³-hybridized carbons (Fsp3) is 0.308. The highest BCUT2D eigenvalue weighted by atomic mass is 79.9. The van der Waals surface area contributed by atoms with Crippen LogP contribution in [0.4, 0.5) is 5.82 Å².